The molecule has 0 saturated carbocycles. The van der Waals surface area contributed by atoms with Gasteiger partial charge in [0.1, 0.15) is 6.07 Å². The van der Waals surface area contributed by atoms with E-state index in [4.69, 9.17) is 5.26 Å². The van der Waals surface area contributed by atoms with Gasteiger partial charge >= 0.3 is 0 Å². The van der Waals surface area contributed by atoms with Crippen LogP contribution in [0.5, 0.6) is 0 Å². The first-order valence-corrected chi connectivity index (χ1v) is 8.40. The average Bonchev–Trinajstić information content (AvgIpc) is 2.36. The Labute approximate surface area is 127 Å². The number of hydrogen-bond acceptors (Lipinski definition) is 4. The largest absolute Gasteiger partial charge is 0.308 e. The molecule has 1 aromatic carbocycles. The normalized spacial score (nSPS) is 13.4. The zero-order valence-corrected chi connectivity index (χ0v) is 13.8. The number of nitrogens with one attached hydrogen (secondary N) is 1. The van der Waals surface area contributed by atoms with Crippen molar-refractivity contribution in [3.8, 4) is 6.07 Å². The number of sulfonamides is 1. The molecule has 0 saturated heterocycles. The lowest BCUT2D eigenvalue weighted by Crippen LogP contribution is -2.42. The van der Waals surface area contributed by atoms with Crippen molar-refractivity contribution in [1.82, 2.24) is 9.62 Å². The molecule has 0 aliphatic heterocycles. The smallest absolute Gasteiger partial charge is 0.242 e. The highest BCUT2D eigenvalue weighted by Crippen LogP contribution is 2.16. The van der Waals surface area contributed by atoms with Crippen LogP contribution >= 0.6 is 0 Å². The Hall–Kier alpha value is -1.42. The van der Waals surface area contributed by atoms with Gasteiger partial charge in [0, 0.05) is 12.6 Å². The molecular weight excluding hydrogens is 286 g/mol. The highest BCUT2D eigenvalue weighted by Gasteiger charge is 2.23. The number of nitriles is 1. The Morgan fingerprint density at radius 2 is 1.90 bits per heavy atom. The van der Waals surface area contributed by atoms with Crippen LogP contribution in [0.2, 0.25) is 0 Å². The number of rotatable bonds is 7. The molecule has 0 aromatic heterocycles. The van der Waals surface area contributed by atoms with Crippen LogP contribution in [0.4, 0.5) is 0 Å². The van der Waals surface area contributed by atoms with Gasteiger partial charge in [-0.15, -0.1) is 0 Å². The van der Waals surface area contributed by atoms with E-state index in [1.165, 1.54) is 12.1 Å². The Balaban J connectivity index is 3.03. The first-order valence-electron chi connectivity index (χ1n) is 6.92. The third kappa shape index (κ3) is 5.46. The van der Waals surface area contributed by atoms with E-state index in [1.807, 2.05) is 25.1 Å². The summed E-state index contributed by atoms with van der Waals surface area (Å²) in [6.07, 6.45) is 0.742. The molecular formula is C15H23N3O2S. The fourth-order valence-electron chi connectivity index (χ4n) is 2.25. The molecule has 0 bridgehead atoms. The zero-order chi connectivity index (χ0) is 16.0. The molecule has 0 heterocycles. The number of hydrogen-bond donors (Lipinski definition) is 1. The number of benzene rings is 1. The molecule has 0 radical (unpaired) electrons. The van der Waals surface area contributed by atoms with E-state index in [2.05, 4.69) is 18.6 Å². The van der Waals surface area contributed by atoms with Gasteiger partial charge in [-0.05, 0) is 38.6 Å². The van der Waals surface area contributed by atoms with Gasteiger partial charge < -0.3 is 4.90 Å². The van der Waals surface area contributed by atoms with Crippen LogP contribution in [-0.4, -0.2) is 40.0 Å². The standard InChI is InChI=1S/C15H23N3O2S/c1-12(2)9-14(11-18(3)4)17-21(19,20)15-8-6-5-7-13(15)10-16/h5-8,12,14,17H,9,11H2,1-4H3. The molecule has 1 rings (SSSR count). The minimum Gasteiger partial charge on any atom is -0.308 e. The quantitative estimate of drug-likeness (QED) is 0.833. The molecule has 0 amide bonds. The highest BCUT2D eigenvalue weighted by molar-refractivity contribution is 7.89. The molecule has 0 aliphatic rings. The van der Waals surface area contributed by atoms with Crippen LogP contribution in [0.25, 0.3) is 0 Å². The summed E-state index contributed by atoms with van der Waals surface area (Å²) in [6, 6.07) is 8.00. The summed E-state index contributed by atoms with van der Waals surface area (Å²) >= 11 is 0. The van der Waals surface area contributed by atoms with E-state index in [9.17, 15) is 8.42 Å². The number of nitrogens with zero attached hydrogens (tertiary/aromatic N) is 2. The summed E-state index contributed by atoms with van der Waals surface area (Å²) in [7, 11) is 0.123. The minimum atomic E-state index is -3.69. The second-order valence-corrected chi connectivity index (χ2v) is 7.50. The van der Waals surface area contributed by atoms with Gasteiger partial charge in [0.2, 0.25) is 10.0 Å². The fourth-order valence-corrected chi connectivity index (χ4v) is 3.64. The topological polar surface area (TPSA) is 73.2 Å². The third-order valence-corrected chi connectivity index (χ3v) is 4.54. The third-order valence-electron chi connectivity index (χ3n) is 2.96. The fraction of sp³-hybridized carbons (Fsp3) is 0.533. The number of likely N-dealkylation sites (N-methyl/N-ethyl adjacent to an activating group) is 1. The van der Waals surface area contributed by atoms with Crippen molar-refractivity contribution in [2.24, 2.45) is 5.92 Å². The molecule has 1 atom stereocenters. The van der Waals surface area contributed by atoms with E-state index in [0.717, 1.165) is 6.42 Å². The van der Waals surface area contributed by atoms with E-state index in [1.54, 1.807) is 12.1 Å². The van der Waals surface area contributed by atoms with Gasteiger partial charge in [-0.2, -0.15) is 5.26 Å². The van der Waals surface area contributed by atoms with E-state index in [-0.39, 0.29) is 16.5 Å². The van der Waals surface area contributed by atoms with Crippen molar-refractivity contribution in [3.63, 3.8) is 0 Å². The van der Waals surface area contributed by atoms with Crippen LogP contribution in [0, 0.1) is 17.2 Å². The van der Waals surface area contributed by atoms with Crippen molar-refractivity contribution in [2.45, 2.75) is 31.2 Å². The Morgan fingerprint density at radius 1 is 1.29 bits per heavy atom. The summed E-state index contributed by atoms with van der Waals surface area (Å²) in [5.74, 6) is 0.379. The summed E-state index contributed by atoms with van der Waals surface area (Å²) < 4.78 is 27.7. The molecule has 0 spiro atoms. The van der Waals surface area contributed by atoms with Crippen molar-refractivity contribution in [1.29, 1.82) is 5.26 Å². The van der Waals surface area contributed by atoms with Gasteiger partial charge in [0.15, 0.2) is 0 Å². The van der Waals surface area contributed by atoms with Crippen molar-refractivity contribution < 1.29 is 8.42 Å². The maximum atomic E-state index is 12.5. The van der Waals surface area contributed by atoms with E-state index in [0.29, 0.717) is 12.5 Å². The predicted molar refractivity (Wildman–Crippen MR) is 83.3 cm³/mol. The average molecular weight is 309 g/mol. The summed E-state index contributed by atoms with van der Waals surface area (Å²) in [5, 5.41) is 9.06. The maximum absolute atomic E-state index is 12.5. The minimum absolute atomic E-state index is 0.0417. The molecule has 1 aromatic rings. The lowest BCUT2D eigenvalue weighted by atomic mass is 10.0. The Kier molecular flexibility index (Phi) is 6.34. The Morgan fingerprint density at radius 3 is 2.43 bits per heavy atom. The maximum Gasteiger partial charge on any atom is 0.242 e. The van der Waals surface area contributed by atoms with E-state index >= 15 is 0 Å². The highest BCUT2D eigenvalue weighted by atomic mass is 32.2. The van der Waals surface area contributed by atoms with Gasteiger partial charge in [-0.25, -0.2) is 13.1 Å². The lowest BCUT2D eigenvalue weighted by molar-refractivity contribution is 0.329. The first-order chi connectivity index (χ1) is 9.76. The molecule has 0 aliphatic carbocycles. The molecule has 1 unspecified atom stereocenters. The monoisotopic (exact) mass is 309 g/mol. The second-order valence-electron chi connectivity index (χ2n) is 5.82. The van der Waals surface area contributed by atoms with Crippen LogP contribution in [-0.2, 0) is 10.0 Å². The Bertz CT molecular complexity index is 594. The van der Waals surface area contributed by atoms with Gasteiger partial charge in [0.05, 0.1) is 10.5 Å². The molecule has 1 N–H and O–H groups in total. The molecule has 5 nitrogen and oxygen atoms in total. The van der Waals surface area contributed by atoms with Crippen LogP contribution in [0.15, 0.2) is 29.2 Å². The van der Waals surface area contributed by atoms with Crippen molar-refractivity contribution >= 4 is 10.0 Å². The van der Waals surface area contributed by atoms with Crippen LogP contribution in [0.1, 0.15) is 25.8 Å². The van der Waals surface area contributed by atoms with Gasteiger partial charge in [-0.3, -0.25) is 0 Å². The molecule has 116 valence electrons. The summed E-state index contributed by atoms with van der Waals surface area (Å²) in [4.78, 5) is 1.99. The van der Waals surface area contributed by atoms with E-state index < -0.39 is 10.0 Å². The van der Waals surface area contributed by atoms with Crippen LogP contribution in [0.3, 0.4) is 0 Å². The van der Waals surface area contributed by atoms with Gasteiger partial charge in [0.25, 0.3) is 0 Å². The zero-order valence-electron chi connectivity index (χ0n) is 13.0. The summed E-state index contributed by atoms with van der Waals surface area (Å²) in [5.41, 5.74) is 0.165. The SMILES string of the molecule is CC(C)CC(CN(C)C)NS(=O)(=O)c1ccccc1C#N. The first kappa shape index (κ1) is 17.6. The predicted octanol–water partition coefficient (Wildman–Crippen LogP) is 1.81. The molecule has 0 fully saturated rings. The van der Waals surface area contributed by atoms with Crippen molar-refractivity contribution in [2.75, 3.05) is 20.6 Å². The molecule has 21 heavy (non-hydrogen) atoms. The van der Waals surface area contributed by atoms with Crippen LogP contribution < -0.4 is 4.72 Å². The summed E-state index contributed by atoms with van der Waals surface area (Å²) in [6.45, 7) is 4.73. The molecule has 6 heteroatoms. The lowest BCUT2D eigenvalue weighted by Gasteiger charge is -2.24. The second kappa shape index (κ2) is 7.55. The van der Waals surface area contributed by atoms with Gasteiger partial charge in [-0.1, -0.05) is 26.0 Å². The van der Waals surface area contributed by atoms with Crippen molar-refractivity contribution in [3.05, 3.63) is 29.8 Å².